The van der Waals surface area contributed by atoms with E-state index in [1.54, 1.807) is 0 Å². The summed E-state index contributed by atoms with van der Waals surface area (Å²) in [4.78, 5) is 14.7. The monoisotopic (exact) mass is 345 g/mol. The highest BCUT2D eigenvalue weighted by molar-refractivity contribution is 6.30. The van der Waals surface area contributed by atoms with Gasteiger partial charge in [-0.25, -0.2) is 4.79 Å². The molecule has 0 radical (unpaired) electrons. The Labute approximate surface area is 146 Å². The van der Waals surface area contributed by atoms with Crippen molar-refractivity contribution in [2.45, 2.75) is 32.1 Å². The molecule has 1 unspecified atom stereocenters. The van der Waals surface area contributed by atoms with Crippen LogP contribution in [0.2, 0.25) is 5.02 Å². The summed E-state index contributed by atoms with van der Waals surface area (Å²) in [5, 5.41) is 0.631. The average Bonchev–Trinajstić information content (AvgIpc) is 2.87. The van der Waals surface area contributed by atoms with E-state index >= 15 is 0 Å². The van der Waals surface area contributed by atoms with Gasteiger partial charge in [0, 0.05) is 22.8 Å². The molecular weight excluding hydrogens is 326 g/mol. The van der Waals surface area contributed by atoms with Crippen molar-refractivity contribution in [1.29, 1.82) is 0 Å². The third-order valence-corrected chi connectivity index (χ3v) is 4.26. The number of benzene rings is 2. The van der Waals surface area contributed by atoms with E-state index in [1.165, 1.54) is 7.11 Å². The minimum atomic E-state index is -1.24. The number of carbonyl (C=O) groups is 1. The molecule has 0 amide bonds. The molecule has 1 heterocycles. The highest BCUT2D eigenvalue weighted by Gasteiger charge is 2.53. The minimum Gasteiger partial charge on any atom is -0.465 e. The average molecular weight is 346 g/mol. The van der Waals surface area contributed by atoms with Crippen LogP contribution in [-0.4, -0.2) is 24.9 Å². The molecule has 4 nitrogen and oxygen atoms in total. The van der Waals surface area contributed by atoms with Crippen LogP contribution in [0.25, 0.3) is 0 Å². The number of hydrogen-bond acceptors (Lipinski definition) is 4. The van der Waals surface area contributed by atoms with Crippen LogP contribution in [0.4, 0.5) is 11.4 Å². The van der Waals surface area contributed by atoms with Gasteiger partial charge in [0.15, 0.2) is 0 Å². The molecule has 2 aromatic carbocycles. The quantitative estimate of drug-likeness (QED) is 0.773. The predicted molar refractivity (Wildman–Crippen MR) is 94.7 cm³/mol. The van der Waals surface area contributed by atoms with Crippen LogP contribution >= 0.6 is 11.6 Å². The van der Waals surface area contributed by atoms with Crippen molar-refractivity contribution >= 4 is 28.9 Å². The Morgan fingerprint density at radius 2 is 1.92 bits per heavy atom. The molecule has 126 valence electrons. The zero-order valence-corrected chi connectivity index (χ0v) is 14.7. The zero-order valence-electron chi connectivity index (χ0n) is 14.0. The highest BCUT2D eigenvalue weighted by atomic mass is 35.5. The van der Waals surface area contributed by atoms with Crippen LogP contribution in [0, 0.1) is 0 Å². The van der Waals surface area contributed by atoms with E-state index in [-0.39, 0.29) is 6.10 Å². The molecule has 0 saturated carbocycles. The predicted octanol–water partition coefficient (Wildman–Crippen LogP) is 4.33. The summed E-state index contributed by atoms with van der Waals surface area (Å²) in [7, 11) is 1.38. The second kappa shape index (κ2) is 6.46. The van der Waals surface area contributed by atoms with E-state index < -0.39 is 11.7 Å². The molecule has 0 aromatic heterocycles. The molecule has 0 fully saturated rings. The Morgan fingerprint density at radius 3 is 2.54 bits per heavy atom. The van der Waals surface area contributed by atoms with E-state index in [4.69, 9.17) is 21.1 Å². The van der Waals surface area contributed by atoms with Crippen LogP contribution in [0.3, 0.4) is 0 Å². The van der Waals surface area contributed by atoms with Crippen LogP contribution in [0.1, 0.15) is 19.4 Å². The van der Waals surface area contributed by atoms with Crippen molar-refractivity contribution < 1.29 is 14.3 Å². The van der Waals surface area contributed by atoms with Gasteiger partial charge in [0.05, 0.1) is 13.2 Å². The van der Waals surface area contributed by atoms with Crippen molar-refractivity contribution in [3.05, 3.63) is 59.1 Å². The van der Waals surface area contributed by atoms with Gasteiger partial charge in [-0.15, -0.1) is 0 Å². The molecule has 0 N–H and O–H groups in total. The normalized spacial score (nSPS) is 19.5. The van der Waals surface area contributed by atoms with Crippen molar-refractivity contribution in [1.82, 2.24) is 0 Å². The zero-order chi connectivity index (χ0) is 17.3. The molecule has 2 aromatic rings. The summed E-state index contributed by atoms with van der Waals surface area (Å²) in [5.41, 5.74) is 1.48. The van der Waals surface area contributed by atoms with Crippen LogP contribution in [0.15, 0.2) is 48.5 Å². The van der Waals surface area contributed by atoms with E-state index in [2.05, 4.69) is 0 Å². The molecule has 1 aliphatic heterocycles. The minimum absolute atomic E-state index is 0.153. The molecule has 1 atom stereocenters. The first kappa shape index (κ1) is 16.8. The third-order valence-electron chi connectivity index (χ3n) is 4.02. The SMILES string of the molecule is COC(=O)C1(OC(C)C)Cc2cc(Cl)ccc2N1c1ccccc1. The standard InChI is InChI=1S/C19H20ClNO3/c1-13(2)24-19(18(22)23-3)12-14-11-15(20)9-10-17(14)21(19)16-7-5-4-6-8-16/h4-11,13H,12H2,1-3H3. The van der Waals surface area contributed by atoms with Crippen molar-refractivity contribution in [2.75, 3.05) is 12.0 Å². The third kappa shape index (κ3) is 2.76. The van der Waals surface area contributed by atoms with Gasteiger partial charge in [-0.1, -0.05) is 29.8 Å². The first-order valence-electron chi connectivity index (χ1n) is 7.88. The van der Waals surface area contributed by atoms with Crippen molar-refractivity contribution in [3.63, 3.8) is 0 Å². The number of carbonyl (C=O) groups excluding carboxylic acids is 1. The lowest BCUT2D eigenvalue weighted by molar-refractivity contribution is -0.173. The number of hydrogen-bond donors (Lipinski definition) is 0. The molecule has 1 aliphatic rings. The second-order valence-electron chi connectivity index (χ2n) is 6.06. The highest BCUT2D eigenvalue weighted by Crippen LogP contribution is 2.46. The Hall–Kier alpha value is -2.04. The number of methoxy groups -OCH3 is 1. The van der Waals surface area contributed by atoms with Gasteiger partial charge in [-0.2, -0.15) is 0 Å². The number of esters is 1. The number of rotatable bonds is 4. The summed E-state index contributed by atoms with van der Waals surface area (Å²) >= 11 is 6.15. The lowest BCUT2D eigenvalue weighted by Crippen LogP contribution is -2.55. The Morgan fingerprint density at radius 1 is 1.21 bits per heavy atom. The van der Waals surface area contributed by atoms with Crippen LogP contribution in [0.5, 0.6) is 0 Å². The Balaban J connectivity index is 2.21. The summed E-state index contributed by atoms with van der Waals surface area (Å²) in [6.07, 6.45) is 0.225. The van der Waals surface area contributed by atoms with Gasteiger partial charge < -0.3 is 14.4 Å². The lowest BCUT2D eigenvalue weighted by Gasteiger charge is -2.38. The van der Waals surface area contributed by atoms with Gasteiger partial charge in [0.1, 0.15) is 0 Å². The smallest absolute Gasteiger partial charge is 0.360 e. The number of anilines is 2. The van der Waals surface area contributed by atoms with Crippen LogP contribution in [-0.2, 0) is 20.7 Å². The summed E-state index contributed by atoms with van der Waals surface area (Å²) in [5.74, 6) is -0.424. The lowest BCUT2D eigenvalue weighted by atomic mass is 10.1. The molecular formula is C19H20ClNO3. The van der Waals surface area contributed by atoms with Crippen molar-refractivity contribution in [2.24, 2.45) is 0 Å². The van der Waals surface area contributed by atoms with Gasteiger partial charge in [0.2, 0.25) is 5.72 Å². The van der Waals surface area contributed by atoms with E-state index in [0.29, 0.717) is 11.4 Å². The Kier molecular flexibility index (Phi) is 4.52. The summed E-state index contributed by atoms with van der Waals surface area (Å²) < 4.78 is 11.3. The fourth-order valence-corrected chi connectivity index (χ4v) is 3.42. The van der Waals surface area contributed by atoms with E-state index in [1.807, 2.05) is 67.3 Å². The topological polar surface area (TPSA) is 38.8 Å². The molecule has 0 bridgehead atoms. The maximum absolute atomic E-state index is 12.8. The van der Waals surface area contributed by atoms with Gasteiger partial charge in [-0.05, 0) is 49.7 Å². The Bertz CT molecular complexity index is 748. The molecule has 3 rings (SSSR count). The van der Waals surface area contributed by atoms with E-state index in [9.17, 15) is 4.79 Å². The largest absolute Gasteiger partial charge is 0.465 e. The molecule has 0 saturated heterocycles. The second-order valence-corrected chi connectivity index (χ2v) is 6.50. The first-order valence-corrected chi connectivity index (χ1v) is 8.25. The number of nitrogens with zero attached hydrogens (tertiary/aromatic N) is 1. The molecule has 5 heteroatoms. The van der Waals surface area contributed by atoms with Gasteiger partial charge in [-0.3, -0.25) is 0 Å². The number of fused-ring (bicyclic) bond motifs is 1. The molecule has 24 heavy (non-hydrogen) atoms. The van der Waals surface area contributed by atoms with Crippen LogP contribution < -0.4 is 4.90 Å². The number of ether oxygens (including phenoxy) is 2. The fourth-order valence-electron chi connectivity index (χ4n) is 3.23. The summed E-state index contributed by atoms with van der Waals surface area (Å²) in [6.45, 7) is 3.81. The maximum Gasteiger partial charge on any atom is 0.360 e. The van der Waals surface area contributed by atoms with Crippen molar-refractivity contribution in [3.8, 4) is 0 Å². The first-order chi connectivity index (χ1) is 11.5. The molecule has 0 spiro atoms. The van der Waals surface area contributed by atoms with Gasteiger partial charge >= 0.3 is 5.97 Å². The fraction of sp³-hybridized carbons (Fsp3) is 0.316. The number of halogens is 1. The van der Waals surface area contributed by atoms with Gasteiger partial charge in [0.25, 0.3) is 0 Å². The van der Waals surface area contributed by atoms with E-state index in [0.717, 1.165) is 16.9 Å². The number of para-hydroxylation sites is 1. The summed E-state index contributed by atoms with van der Waals surface area (Å²) in [6, 6.07) is 15.3. The molecule has 0 aliphatic carbocycles. The maximum atomic E-state index is 12.8.